The molecule has 8 heteroatoms. The molecule has 2 aliphatic rings. The molecule has 2 fully saturated rings. The Morgan fingerprint density at radius 3 is 2.60 bits per heavy atom. The predicted octanol–water partition coefficient (Wildman–Crippen LogP) is 2.11. The summed E-state index contributed by atoms with van der Waals surface area (Å²) in [7, 11) is 0. The van der Waals surface area contributed by atoms with Gasteiger partial charge in [0, 0.05) is 45.1 Å². The van der Waals surface area contributed by atoms with E-state index in [1.165, 1.54) is 0 Å². The quantitative estimate of drug-likeness (QED) is 0.894. The van der Waals surface area contributed by atoms with Gasteiger partial charge in [-0.3, -0.25) is 9.69 Å². The van der Waals surface area contributed by atoms with Gasteiger partial charge in [0.1, 0.15) is 0 Å². The van der Waals surface area contributed by atoms with Crippen molar-refractivity contribution in [3.05, 3.63) is 17.5 Å². The van der Waals surface area contributed by atoms with Crippen LogP contribution < -0.4 is 0 Å². The van der Waals surface area contributed by atoms with Crippen molar-refractivity contribution in [1.29, 1.82) is 0 Å². The van der Waals surface area contributed by atoms with Crippen molar-refractivity contribution in [3.63, 3.8) is 0 Å². The van der Waals surface area contributed by atoms with Gasteiger partial charge in [0.25, 0.3) is 11.8 Å². The van der Waals surface area contributed by atoms with E-state index in [2.05, 4.69) is 5.16 Å². The van der Waals surface area contributed by atoms with E-state index in [0.717, 1.165) is 0 Å². The van der Waals surface area contributed by atoms with Gasteiger partial charge < -0.3 is 14.5 Å². The molecule has 6 nitrogen and oxygen atoms in total. The molecule has 0 aromatic carbocycles. The molecule has 0 spiro atoms. The Bertz CT molecular complexity index is 624. The number of hydrogen-bond acceptors (Lipinski definition) is 5. The molecule has 1 amide bonds. The standard InChI is InChI=1S/C17H25F2N3O3/c1-12(2)13-9-14(25-20-13)15(23)22-8-3-16(24,11-22)10-21-6-4-17(18,19)5-7-21/h9,12,24H,3-8,10-11H2,1-2H3. The number of likely N-dealkylation sites (tertiary alicyclic amines) is 2. The second-order valence-corrected chi connectivity index (χ2v) is 7.60. The second-order valence-electron chi connectivity index (χ2n) is 7.60. The number of aromatic nitrogens is 1. The number of amides is 1. The number of hydrogen-bond donors (Lipinski definition) is 1. The van der Waals surface area contributed by atoms with Crippen molar-refractivity contribution in [2.75, 3.05) is 32.7 Å². The lowest BCUT2D eigenvalue weighted by molar-refractivity contribution is -0.0720. The summed E-state index contributed by atoms with van der Waals surface area (Å²) < 4.78 is 31.6. The van der Waals surface area contributed by atoms with Crippen LogP contribution in [0.5, 0.6) is 0 Å². The van der Waals surface area contributed by atoms with E-state index in [1.807, 2.05) is 18.7 Å². The summed E-state index contributed by atoms with van der Waals surface area (Å²) in [6.45, 7) is 5.35. The Morgan fingerprint density at radius 1 is 1.32 bits per heavy atom. The first-order chi connectivity index (χ1) is 11.7. The lowest BCUT2D eigenvalue weighted by Gasteiger charge is -2.36. The van der Waals surface area contributed by atoms with Gasteiger partial charge in [0.15, 0.2) is 0 Å². The van der Waals surface area contributed by atoms with Crippen LogP contribution in [0.15, 0.2) is 10.6 Å². The molecule has 1 aromatic heterocycles. The molecule has 0 saturated carbocycles. The fourth-order valence-corrected chi connectivity index (χ4v) is 3.43. The van der Waals surface area contributed by atoms with E-state index < -0.39 is 11.5 Å². The normalized spacial score (nSPS) is 27.2. The second kappa shape index (κ2) is 6.64. The summed E-state index contributed by atoms with van der Waals surface area (Å²) in [6.07, 6.45) is 0.0698. The smallest absolute Gasteiger partial charge is 0.292 e. The Morgan fingerprint density at radius 2 is 2.00 bits per heavy atom. The van der Waals surface area contributed by atoms with Gasteiger partial charge in [-0.15, -0.1) is 0 Å². The van der Waals surface area contributed by atoms with Gasteiger partial charge in [0.2, 0.25) is 5.76 Å². The summed E-state index contributed by atoms with van der Waals surface area (Å²) in [5.74, 6) is -2.55. The summed E-state index contributed by atoms with van der Waals surface area (Å²) in [5.41, 5.74) is -0.351. The molecule has 3 heterocycles. The van der Waals surface area contributed by atoms with Crippen LogP contribution in [0, 0.1) is 0 Å². The topological polar surface area (TPSA) is 69.8 Å². The maximum absolute atomic E-state index is 13.2. The average Bonchev–Trinajstić information content (AvgIpc) is 3.16. The number of halogens is 2. The van der Waals surface area contributed by atoms with Gasteiger partial charge in [-0.05, 0) is 12.3 Å². The van der Waals surface area contributed by atoms with E-state index >= 15 is 0 Å². The van der Waals surface area contributed by atoms with E-state index in [0.29, 0.717) is 25.2 Å². The zero-order chi connectivity index (χ0) is 18.2. The molecular weight excluding hydrogens is 332 g/mol. The van der Waals surface area contributed by atoms with Crippen LogP contribution >= 0.6 is 0 Å². The number of piperidine rings is 1. The molecule has 0 bridgehead atoms. The van der Waals surface area contributed by atoms with Crippen LogP contribution in [0.4, 0.5) is 8.78 Å². The van der Waals surface area contributed by atoms with Gasteiger partial charge in [-0.25, -0.2) is 8.78 Å². The molecule has 1 aromatic rings. The first kappa shape index (κ1) is 18.3. The van der Waals surface area contributed by atoms with Crippen molar-refractivity contribution in [2.24, 2.45) is 0 Å². The van der Waals surface area contributed by atoms with Crippen LogP contribution in [0.1, 0.15) is 55.3 Å². The number of rotatable bonds is 4. The fourth-order valence-electron chi connectivity index (χ4n) is 3.43. The van der Waals surface area contributed by atoms with E-state index in [-0.39, 0.29) is 50.1 Å². The number of carbonyl (C=O) groups is 1. The number of carbonyl (C=O) groups excluding carboxylic acids is 1. The lowest BCUT2D eigenvalue weighted by atomic mass is 10.00. The van der Waals surface area contributed by atoms with Crippen LogP contribution in [-0.2, 0) is 0 Å². The lowest BCUT2D eigenvalue weighted by Crippen LogP contribution is -2.49. The fraction of sp³-hybridized carbons (Fsp3) is 0.765. The highest BCUT2D eigenvalue weighted by Crippen LogP contribution is 2.30. The summed E-state index contributed by atoms with van der Waals surface area (Å²) in [4.78, 5) is 15.9. The number of nitrogens with zero attached hydrogens (tertiary/aromatic N) is 3. The van der Waals surface area contributed by atoms with Gasteiger partial charge in [-0.2, -0.15) is 0 Å². The van der Waals surface area contributed by atoms with Crippen LogP contribution in [0.2, 0.25) is 0 Å². The van der Waals surface area contributed by atoms with Gasteiger partial charge in [0.05, 0.1) is 17.8 Å². The van der Waals surface area contributed by atoms with E-state index in [1.54, 1.807) is 11.0 Å². The molecule has 25 heavy (non-hydrogen) atoms. The Kier molecular flexibility index (Phi) is 4.85. The minimum atomic E-state index is -2.60. The third-order valence-corrected chi connectivity index (χ3v) is 5.06. The summed E-state index contributed by atoms with van der Waals surface area (Å²) in [6, 6.07) is 1.64. The molecule has 1 N–H and O–H groups in total. The maximum atomic E-state index is 13.2. The van der Waals surface area contributed by atoms with Crippen LogP contribution in [0.25, 0.3) is 0 Å². The first-order valence-electron chi connectivity index (χ1n) is 8.76. The Hall–Kier alpha value is -1.54. The Labute approximate surface area is 145 Å². The molecule has 140 valence electrons. The monoisotopic (exact) mass is 357 g/mol. The zero-order valence-corrected chi connectivity index (χ0v) is 14.7. The van der Waals surface area contributed by atoms with Crippen LogP contribution in [0.3, 0.4) is 0 Å². The molecule has 3 rings (SSSR count). The highest BCUT2D eigenvalue weighted by Gasteiger charge is 2.42. The molecule has 2 saturated heterocycles. The largest absolute Gasteiger partial charge is 0.387 e. The molecule has 0 radical (unpaired) electrons. The number of β-amino-alcohol motifs (C(OH)–C–C–N with tert-alkyl or cyclic N) is 1. The van der Waals surface area contributed by atoms with Crippen molar-refractivity contribution >= 4 is 5.91 Å². The Balaban J connectivity index is 1.57. The zero-order valence-electron chi connectivity index (χ0n) is 14.7. The highest BCUT2D eigenvalue weighted by atomic mass is 19.3. The number of aliphatic hydroxyl groups is 1. The molecule has 0 aliphatic carbocycles. The van der Waals surface area contributed by atoms with Crippen LogP contribution in [-0.4, -0.2) is 70.2 Å². The van der Waals surface area contributed by atoms with Crippen molar-refractivity contribution in [3.8, 4) is 0 Å². The van der Waals surface area contributed by atoms with E-state index in [9.17, 15) is 18.7 Å². The SMILES string of the molecule is CC(C)c1cc(C(=O)N2CCC(O)(CN3CCC(F)(F)CC3)C2)on1. The van der Waals surface area contributed by atoms with Crippen molar-refractivity contribution in [2.45, 2.75) is 50.6 Å². The molecule has 1 atom stereocenters. The predicted molar refractivity (Wildman–Crippen MR) is 86.7 cm³/mol. The third kappa shape index (κ3) is 4.17. The minimum absolute atomic E-state index is 0.165. The minimum Gasteiger partial charge on any atom is -0.387 e. The molecular formula is C17H25F2N3O3. The first-order valence-corrected chi connectivity index (χ1v) is 8.76. The average molecular weight is 357 g/mol. The van der Waals surface area contributed by atoms with Crippen molar-refractivity contribution < 1.29 is 23.2 Å². The summed E-state index contributed by atoms with van der Waals surface area (Å²) in [5, 5.41) is 14.7. The molecule has 1 unspecified atom stereocenters. The highest BCUT2D eigenvalue weighted by molar-refractivity contribution is 5.91. The third-order valence-electron chi connectivity index (χ3n) is 5.06. The van der Waals surface area contributed by atoms with Gasteiger partial charge >= 0.3 is 0 Å². The number of alkyl halides is 2. The van der Waals surface area contributed by atoms with Crippen molar-refractivity contribution in [1.82, 2.24) is 15.0 Å². The summed E-state index contributed by atoms with van der Waals surface area (Å²) >= 11 is 0. The maximum Gasteiger partial charge on any atom is 0.292 e. The molecule has 2 aliphatic heterocycles. The van der Waals surface area contributed by atoms with E-state index in [4.69, 9.17) is 4.52 Å². The van der Waals surface area contributed by atoms with Gasteiger partial charge in [-0.1, -0.05) is 19.0 Å².